The van der Waals surface area contributed by atoms with Gasteiger partial charge in [-0.2, -0.15) is 0 Å². The molecule has 1 amide bonds. The highest BCUT2D eigenvalue weighted by molar-refractivity contribution is 7.19. The molecule has 0 aliphatic heterocycles. The molecule has 2 N–H and O–H groups in total. The molecule has 1 aromatic carbocycles. The first-order valence-corrected chi connectivity index (χ1v) is 9.18. The van der Waals surface area contributed by atoms with E-state index in [1.807, 2.05) is 6.07 Å². The smallest absolute Gasteiger partial charge is 0.449 e. The topological polar surface area (TPSA) is 106 Å². The van der Waals surface area contributed by atoms with Gasteiger partial charge in [0.05, 0.1) is 27.0 Å². The number of carboxylic acid groups (broad SMARTS) is 1. The summed E-state index contributed by atoms with van der Waals surface area (Å²) in [7, 11) is 0. The number of para-hydroxylation sites is 1. The molecule has 0 unspecified atom stereocenters. The number of aryl methyl sites for hydroxylation is 1. The monoisotopic (exact) mass is 404 g/mol. The van der Waals surface area contributed by atoms with E-state index in [-0.39, 0.29) is 11.8 Å². The van der Waals surface area contributed by atoms with E-state index in [2.05, 4.69) is 15.4 Å². The van der Waals surface area contributed by atoms with Crippen LogP contribution < -0.4 is 10.1 Å². The van der Waals surface area contributed by atoms with Crippen molar-refractivity contribution in [2.45, 2.75) is 19.8 Å². The summed E-state index contributed by atoms with van der Waals surface area (Å²) in [5.74, 6) is -0.187. The lowest BCUT2D eigenvalue weighted by atomic mass is 9.99. The van der Waals surface area contributed by atoms with E-state index in [4.69, 9.17) is 21.4 Å². The first-order chi connectivity index (χ1) is 12.9. The zero-order valence-corrected chi connectivity index (χ0v) is 15.6. The third-order valence-corrected chi connectivity index (χ3v) is 5.36. The van der Waals surface area contributed by atoms with Crippen LogP contribution >= 0.6 is 22.9 Å². The van der Waals surface area contributed by atoms with Gasteiger partial charge in [0, 0.05) is 12.5 Å². The lowest BCUT2D eigenvalue weighted by Crippen LogP contribution is -2.08. The fraction of sp³-hybridized carbons (Fsp3) is 0.176. The highest BCUT2D eigenvalue weighted by Crippen LogP contribution is 2.44. The number of anilines is 1. The van der Waals surface area contributed by atoms with E-state index in [1.165, 1.54) is 18.3 Å². The fourth-order valence-corrected chi connectivity index (χ4v) is 4.34. The maximum Gasteiger partial charge on any atom is 0.512 e. The van der Waals surface area contributed by atoms with Crippen molar-refractivity contribution in [1.82, 2.24) is 14.8 Å². The fourth-order valence-electron chi connectivity index (χ4n) is 3.01. The third-order valence-electron chi connectivity index (χ3n) is 4.02. The van der Waals surface area contributed by atoms with Crippen LogP contribution in [0.5, 0.6) is 5.88 Å². The van der Waals surface area contributed by atoms with Gasteiger partial charge in [-0.1, -0.05) is 35.1 Å². The van der Waals surface area contributed by atoms with Gasteiger partial charge in [-0.05, 0) is 25.0 Å². The summed E-state index contributed by atoms with van der Waals surface area (Å²) >= 11 is 7.63. The molecule has 27 heavy (non-hydrogen) atoms. The van der Waals surface area contributed by atoms with E-state index in [9.17, 15) is 9.59 Å². The number of benzene rings is 1. The number of nitrogens with zero attached hydrogens (tertiary/aromatic N) is 3. The molecule has 3 aromatic rings. The molecule has 0 atom stereocenters. The van der Waals surface area contributed by atoms with Crippen LogP contribution in [-0.4, -0.2) is 31.9 Å². The van der Waals surface area contributed by atoms with E-state index < -0.39 is 6.16 Å². The molecule has 0 saturated heterocycles. The van der Waals surface area contributed by atoms with E-state index in [0.29, 0.717) is 39.9 Å². The highest BCUT2D eigenvalue weighted by atomic mass is 35.5. The number of fused-ring (bicyclic) bond motifs is 3. The number of carbonyl (C=O) groups is 2. The van der Waals surface area contributed by atoms with Gasteiger partial charge in [0.1, 0.15) is 0 Å². The molecule has 0 fully saturated rings. The number of nitrogens with one attached hydrogen (secondary N) is 1. The molecule has 0 spiro atoms. The van der Waals surface area contributed by atoms with Gasteiger partial charge in [0.25, 0.3) is 0 Å². The SMILES string of the molecule is CC(=O)Nc1nc2c(s1)-c1c(c(OC(=O)O)nn1-c1ccccc1Cl)CC2. The molecule has 1 aliphatic rings. The normalized spacial score (nSPS) is 12.2. The van der Waals surface area contributed by atoms with Gasteiger partial charge >= 0.3 is 6.16 Å². The maximum atomic E-state index is 11.4. The van der Waals surface area contributed by atoms with Crippen LogP contribution in [0.25, 0.3) is 16.3 Å². The van der Waals surface area contributed by atoms with Crippen LogP contribution in [0.1, 0.15) is 18.2 Å². The molecular weight excluding hydrogens is 392 g/mol. The van der Waals surface area contributed by atoms with Gasteiger partial charge in [0.15, 0.2) is 5.13 Å². The summed E-state index contributed by atoms with van der Waals surface area (Å²) < 4.78 is 6.47. The van der Waals surface area contributed by atoms with Crippen molar-refractivity contribution in [3.05, 3.63) is 40.5 Å². The first-order valence-electron chi connectivity index (χ1n) is 7.99. The largest absolute Gasteiger partial charge is 0.512 e. The zero-order valence-electron chi connectivity index (χ0n) is 14.0. The molecule has 138 valence electrons. The molecule has 0 radical (unpaired) electrons. The Labute approximate surface area is 162 Å². The number of hydrogen-bond acceptors (Lipinski definition) is 6. The van der Waals surface area contributed by atoms with Gasteiger partial charge in [-0.25, -0.2) is 14.5 Å². The lowest BCUT2D eigenvalue weighted by Gasteiger charge is -2.14. The number of carbonyl (C=O) groups excluding carboxylic acids is 1. The van der Waals surface area contributed by atoms with Gasteiger partial charge in [0.2, 0.25) is 11.8 Å². The Morgan fingerprint density at radius 3 is 2.81 bits per heavy atom. The quantitative estimate of drug-likeness (QED) is 0.643. The van der Waals surface area contributed by atoms with Crippen LogP contribution in [0.4, 0.5) is 9.93 Å². The Kier molecular flexibility index (Phi) is 4.33. The van der Waals surface area contributed by atoms with Crippen LogP contribution in [0, 0.1) is 0 Å². The minimum atomic E-state index is -1.43. The molecule has 10 heteroatoms. The van der Waals surface area contributed by atoms with Crippen LogP contribution in [0.15, 0.2) is 24.3 Å². The van der Waals surface area contributed by atoms with Gasteiger partial charge in [-0.3, -0.25) is 4.79 Å². The third kappa shape index (κ3) is 3.15. The predicted octanol–water partition coefficient (Wildman–Crippen LogP) is 3.76. The summed E-state index contributed by atoms with van der Waals surface area (Å²) in [4.78, 5) is 27.7. The Balaban J connectivity index is 1.93. The molecular formula is C17H13ClN4O4S. The number of rotatable bonds is 3. The molecule has 2 heterocycles. The number of hydrogen-bond donors (Lipinski definition) is 2. The van der Waals surface area contributed by atoms with E-state index in [1.54, 1.807) is 22.9 Å². The van der Waals surface area contributed by atoms with Crippen LogP contribution in [-0.2, 0) is 17.6 Å². The Morgan fingerprint density at radius 1 is 1.33 bits per heavy atom. The predicted molar refractivity (Wildman–Crippen MR) is 100 cm³/mol. The second-order valence-corrected chi connectivity index (χ2v) is 7.25. The van der Waals surface area contributed by atoms with Gasteiger partial charge < -0.3 is 15.2 Å². The number of amides is 1. The number of ether oxygens (including phenoxy) is 1. The summed E-state index contributed by atoms with van der Waals surface area (Å²) in [6, 6.07) is 7.11. The highest BCUT2D eigenvalue weighted by Gasteiger charge is 2.31. The average Bonchev–Trinajstić information content (AvgIpc) is 3.15. The van der Waals surface area contributed by atoms with Crippen molar-refractivity contribution in [3.8, 4) is 22.1 Å². The Morgan fingerprint density at radius 2 is 2.11 bits per heavy atom. The maximum absolute atomic E-state index is 11.4. The van der Waals surface area contributed by atoms with Crippen LogP contribution in [0.3, 0.4) is 0 Å². The number of halogens is 1. The van der Waals surface area contributed by atoms with Crippen molar-refractivity contribution in [2.75, 3.05) is 5.32 Å². The number of aromatic nitrogens is 3. The van der Waals surface area contributed by atoms with Crippen molar-refractivity contribution in [1.29, 1.82) is 0 Å². The number of thiazole rings is 1. The van der Waals surface area contributed by atoms with Crippen molar-refractivity contribution in [2.24, 2.45) is 0 Å². The molecule has 0 saturated carbocycles. The second kappa shape index (κ2) is 6.67. The van der Waals surface area contributed by atoms with Crippen LogP contribution in [0.2, 0.25) is 5.02 Å². The second-order valence-electron chi connectivity index (χ2n) is 5.84. The Bertz CT molecular complexity index is 1080. The average molecular weight is 405 g/mol. The standard InChI is InChI=1S/C17H13ClN4O4S/c1-8(23)19-16-20-11-7-6-9-13(14(11)27-16)22(21-15(9)26-17(24)25)12-5-3-2-4-10(12)18/h2-5H,6-7H2,1H3,(H,24,25)(H,19,20,23). The van der Waals surface area contributed by atoms with Crippen molar-refractivity contribution < 1.29 is 19.4 Å². The minimum Gasteiger partial charge on any atom is -0.449 e. The minimum absolute atomic E-state index is 0.0255. The van der Waals surface area contributed by atoms with Crippen molar-refractivity contribution >= 4 is 40.1 Å². The molecule has 2 aromatic heterocycles. The summed E-state index contributed by atoms with van der Waals surface area (Å²) in [5, 5.41) is 17.0. The van der Waals surface area contributed by atoms with Gasteiger partial charge in [-0.15, -0.1) is 5.10 Å². The zero-order chi connectivity index (χ0) is 19.1. The van der Waals surface area contributed by atoms with Crippen molar-refractivity contribution in [3.63, 3.8) is 0 Å². The molecule has 8 nitrogen and oxygen atoms in total. The van der Waals surface area contributed by atoms with E-state index in [0.717, 1.165) is 10.6 Å². The molecule has 1 aliphatic carbocycles. The Hall–Kier alpha value is -2.91. The lowest BCUT2D eigenvalue weighted by molar-refractivity contribution is -0.114. The summed E-state index contributed by atoms with van der Waals surface area (Å²) in [6.07, 6.45) is -0.336. The first kappa shape index (κ1) is 17.5. The molecule has 4 rings (SSSR count). The summed E-state index contributed by atoms with van der Waals surface area (Å²) in [6.45, 7) is 1.42. The van der Waals surface area contributed by atoms with E-state index >= 15 is 0 Å². The molecule has 0 bridgehead atoms. The summed E-state index contributed by atoms with van der Waals surface area (Å²) in [5.41, 5.74) is 2.75.